The van der Waals surface area contributed by atoms with Crippen LogP contribution in [0.25, 0.3) is 0 Å². The minimum absolute atomic E-state index is 0.0763. The highest BCUT2D eigenvalue weighted by molar-refractivity contribution is 5.81. The smallest absolute Gasteiger partial charge is 0.237 e. The average Bonchev–Trinajstić information content (AvgIpc) is 2.92. The number of benzene rings is 1. The summed E-state index contributed by atoms with van der Waals surface area (Å²) < 4.78 is 18.5. The molecule has 1 amide bonds. The van der Waals surface area contributed by atoms with E-state index in [4.69, 9.17) is 4.42 Å². The largest absolute Gasteiger partial charge is 0.465 e. The Bertz CT molecular complexity index is 651. The zero-order valence-corrected chi connectivity index (χ0v) is 14.0. The molecule has 0 unspecified atom stereocenters. The normalized spacial score (nSPS) is 13.8. The molecule has 1 heterocycles. The van der Waals surface area contributed by atoms with Crippen LogP contribution in [-0.2, 0) is 11.3 Å². The van der Waals surface area contributed by atoms with Gasteiger partial charge in [-0.3, -0.25) is 9.69 Å². The van der Waals surface area contributed by atoms with Gasteiger partial charge < -0.3 is 9.73 Å². The Kier molecular flexibility index (Phi) is 5.55. The fourth-order valence-electron chi connectivity index (χ4n) is 2.32. The number of carbonyl (C=O) groups excluding carboxylic acids is 1. The number of aryl methyl sites for hydroxylation is 1. The van der Waals surface area contributed by atoms with E-state index in [1.165, 1.54) is 12.1 Å². The van der Waals surface area contributed by atoms with Crippen LogP contribution in [-0.4, -0.2) is 23.9 Å². The van der Waals surface area contributed by atoms with Crippen LogP contribution in [0.3, 0.4) is 0 Å². The van der Waals surface area contributed by atoms with Crippen molar-refractivity contribution in [2.24, 2.45) is 0 Å². The van der Waals surface area contributed by atoms with Crippen molar-refractivity contribution < 1.29 is 13.6 Å². The molecule has 0 radical (unpaired) electrons. The third-order valence-corrected chi connectivity index (χ3v) is 3.97. The van der Waals surface area contributed by atoms with Crippen LogP contribution in [0.5, 0.6) is 0 Å². The first-order chi connectivity index (χ1) is 10.9. The van der Waals surface area contributed by atoms with Gasteiger partial charge in [0, 0.05) is 0 Å². The van der Waals surface area contributed by atoms with Crippen LogP contribution in [0, 0.1) is 12.7 Å². The standard InChI is InChI=1S/C18H23FN2O2/c1-12-5-10-17(23-12)11-21(4)14(3)18(22)20-13(2)15-6-8-16(19)9-7-15/h5-10,13-14H,11H2,1-4H3,(H,20,22)/t13-,14+/m0/s1. The lowest BCUT2D eigenvalue weighted by molar-refractivity contribution is -0.126. The van der Waals surface area contributed by atoms with Crippen molar-refractivity contribution in [1.29, 1.82) is 0 Å². The van der Waals surface area contributed by atoms with Gasteiger partial charge in [0.2, 0.25) is 5.91 Å². The van der Waals surface area contributed by atoms with E-state index in [1.807, 2.05) is 44.9 Å². The number of hydrogen-bond donors (Lipinski definition) is 1. The Labute approximate surface area is 136 Å². The van der Waals surface area contributed by atoms with Gasteiger partial charge in [0.15, 0.2) is 0 Å². The van der Waals surface area contributed by atoms with E-state index in [2.05, 4.69) is 5.32 Å². The van der Waals surface area contributed by atoms with Crippen molar-refractivity contribution >= 4 is 5.91 Å². The van der Waals surface area contributed by atoms with E-state index in [9.17, 15) is 9.18 Å². The van der Waals surface area contributed by atoms with Crippen molar-refractivity contribution in [3.05, 3.63) is 59.3 Å². The Morgan fingerprint density at radius 2 is 1.87 bits per heavy atom. The van der Waals surface area contributed by atoms with E-state index in [-0.39, 0.29) is 23.8 Å². The molecule has 0 aliphatic carbocycles. The molecule has 2 aromatic rings. The molecule has 1 aromatic carbocycles. The molecule has 2 atom stereocenters. The SMILES string of the molecule is Cc1ccc(CN(C)[C@H](C)C(=O)N[C@@H](C)c2ccc(F)cc2)o1. The minimum Gasteiger partial charge on any atom is -0.465 e. The highest BCUT2D eigenvalue weighted by Gasteiger charge is 2.21. The fraction of sp³-hybridized carbons (Fsp3) is 0.389. The van der Waals surface area contributed by atoms with Crippen molar-refractivity contribution in [2.75, 3.05) is 7.05 Å². The Morgan fingerprint density at radius 1 is 1.22 bits per heavy atom. The second-order valence-corrected chi connectivity index (χ2v) is 5.89. The van der Waals surface area contributed by atoms with Crippen LogP contribution in [0.4, 0.5) is 4.39 Å². The summed E-state index contributed by atoms with van der Waals surface area (Å²) in [7, 11) is 1.88. The maximum atomic E-state index is 13.0. The molecule has 1 N–H and O–H groups in total. The molecule has 2 rings (SSSR count). The summed E-state index contributed by atoms with van der Waals surface area (Å²) in [4.78, 5) is 14.3. The number of rotatable bonds is 6. The maximum absolute atomic E-state index is 13.0. The summed E-state index contributed by atoms with van der Waals surface area (Å²) >= 11 is 0. The predicted molar refractivity (Wildman–Crippen MR) is 87.3 cm³/mol. The van der Waals surface area contributed by atoms with Gasteiger partial charge in [-0.2, -0.15) is 0 Å². The molecule has 124 valence electrons. The zero-order chi connectivity index (χ0) is 17.0. The summed E-state index contributed by atoms with van der Waals surface area (Å²) in [5.41, 5.74) is 0.872. The third kappa shape index (κ3) is 4.66. The van der Waals surface area contributed by atoms with Crippen LogP contribution < -0.4 is 5.32 Å². The summed E-state index contributed by atoms with van der Waals surface area (Å²) in [6, 6.07) is 9.50. The number of nitrogens with one attached hydrogen (secondary N) is 1. The summed E-state index contributed by atoms with van der Waals surface area (Å²) in [6.45, 7) is 6.19. The van der Waals surface area contributed by atoms with Crippen molar-refractivity contribution in [1.82, 2.24) is 10.2 Å². The van der Waals surface area contributed by atoms with Crippen LogP contribution >= 0.6 is 0 Å². The van der Waals surface area contributed by atoms with Crippen molar-refractivity contribution in [3.63, 3.8) is 0 Å². The van der Waals surface area contributed by atoms with E-state index < -0.39 is 0 Å². The molecule has 0 aliphatic rings. The number of carbonyl (C=O) groups is 1. The Hall–Kier alpha value is -2.14. The van der Waals surface area contributed by atoms with Crippen molar-refractivity contribution in [3.8, 4) is 0 Å². The molecule has 5 heteroatoms. The first kappa shape index (κ1) is 17.2. The summed E-state index contributed by atoms with van der Waals surface area (Å²) in [5.74, 6) is 1.33. The molecule has 1 aromatic heterocycles. The van der Waals surface area contributed by atoms with Gasteiger partial charge in [0.05, 0.1) is 18.6 Å². The molecule has 0 saturated heterocycles. The lowest BCUT2D eigenvalue weighted by Gasteiger charge is -2.25. The van der Waals surface area contributed by atoms with Gasteiger partial charge in [-0.1, -0.05) is 12.1 Å². The Balaban J connectivity index is 1.92. The first-order valence-electron chi connectivity index (χ1n) is 7.68. The molecule has 0 bridgehead atoms. The number of halogens is 1. The molecule has 23 heavy (non-hydrogen) atoms. The fourth-order valence-corrected chi connectivity index (χ4v) is 2.32. The molecule has 0 aliphatic heterocycles. The van der Waals surface area contributed by atoms with E-state index in [0.717, 1.165) is 17.1 Å². The average molecular weight is 318 g/mol. The highest BCUT2D eigenvalue weighted by atomic mass is 19.1. The quantitative estimate of drug-likeness (QED) is 0.887. The second kappa shape index (κ2) is 7.42. The van der Waals surface area contributed by atoms with E-state index in [1.54, 1.807) is 12.1 Å². The third-order valence-electron chi connectivity index (χ3n) is 3.97. The number of nitrogens with zero attached hydrogens (tertiary/aromatic N) is 1. The predicted octanol–water partition coefficient (Wildman–Crippen LogP) is 3.42. The van der Waals surface area contributed by atoms with E-state index >= 15 is 0 Å². The second-order valence-electron chi connectivity index (χ2n) is 5.89. The maximum Gasteiger partial charge on any atom is 0.237 e. The molecular weight excluding hydrogens is 295 g/mol. The van der Waals surface area contributed by atoms with Crippen LogP contribution in [0.2, 0.25) is 0 Å². The molecule has 0 fully saturated rings. The highest BCUT2D eigenvalue weighted by Crippen LogP contribution is 2.14. The van der Waals surface area contributed by atoms with Gasteiger partial charge in [0.25, 0.3) is 0 Å². The summed E-state index contributed by atoms with van der Waals surface area (Å²) in [6.07, 6.45) is 0. The first-order valence-corrected chi connectivity index (χ1v) is 7.68. The number of amides is 1. The summed E-state index contributed by atoms with van der Waals surface area (Å²) in [5, 5.41) is 2.95. The lowest BCUT2D eigenvalue weighted by atomic mass is 10.1. The van der Waals surface area contributed by atoms with Gasteiger partial charge in [-0.15, -0.1) is 0 Å². The minimum atomic E-state index is -0.302. The van der Waals surface area contributed by atoms with Crippen LogP contribution in [0.15, 0.2) is 40.8 Å². The monoisotopic (exact) mass is 318 g/mol. The van der Waals surface area contributed by atoms with Gasteiger partial charge in [0.1, 0.15) is 17.3 Å². The molecule has 0 spiro atoms. The van der Waals surface area contributed by atoms with Crippen molar-refractivity contribution in [2.45, 2.75) is 39.4 Å². The molecule has 0 saturated carbocycles. The van der Waals surface area contributed by atoms with Gasteiger partial charge in [-0.25, -0.2) is 4.39 Å². The van der Waals surface area contributed by atoms with Gasteiger partial charge in [-0.05, 0) is 57.6 Å². The van der Waals surface area contributed by atoms with E-state index in [0.29, 0.717) is 6.54 Å². The van der Waals surface area contributed by atoms with Gasteiger partial charge >= 0.3 is 0 Å². The molecule has 4 nitrogen and oxygen atoms in total. The van der Waals surface area contributed by atoms with Crippen LogP contribution in [0.1, 0.15) is 37.0 Å². The Morgan fingerprint density at radius 3 is 2.43 bits per heavy atom. The number of furan rings is 1. The topological polar surface area (TPSA) is 45.5 Å². The molecular formula is C18H23FN2O2. The number of likely N-dealkylation sites (N-methyl/N-ethyl adjacent to an activating group) is 1. The number of hydrogen-bond acceptors (Lipinski definition) is 3. The zero-order valence-electron chi connectivity index (χ0n) is 14.0. The lowest BCUT2D eigenvalue weighted by Crippen LogP contribution is -2.43.